The molecule has 4 aromatic rings. The van der Waals surface area contributed by atoms with E-state index >= 15 is 0 Å². The van der Waals surface area contributed by atoms with Crippen LogP contribution in [0.3, 0.4) is 0 Å². The Kier molecular flexibility index (Phi) is 13.0. The van der Waals surface area contributed by atoms with Crippen molar-refractivity contribution in [1.29, 1.82) is 0 Å². The first-order chi connectivity index (χ1) is 27.3. The molecular weight excluding hydrogens is 729 g/mol. The molecule has 15 heteroatoms. The summed E-state index contributed by atoms with van der Waals surface area (Å²) in [5.41, 5.74) is 8.62. The number of anilines is 1. The second-order valence-electron chi connectivity index (χ2n) is 14.9. The van der Waals surface area contributed by atoms with Crippen molar-refractivity contribution in [3.63, 3.8) is 0 Å². The van der Waals surface area contributed by atoms with Gasteiger partial charge in [-0.15, -0.1) is 0 Å². The molecule has 0 spiro atoms. The van der Waals surface area contributed by atoms with Crippen molar-refractivity contribution in [2.45, 2.75) is 74.7 Å². The van der Waals surface area contributed by atoms with E-state index in [0.29, 0.717) is 66.1 Å². The van der Waals surface area contributed by atoms with Gasteiger partial charge in [-0.1, -0.05) is 30.7 Å². The maximum atomic E-state index is 13.3. The number of urea groups is 1. The second-order valence-corrected chi connectivity index (χ2v) is 16.1. The molecule has 7 rings (SSSR count). The molecule has 3 aliphatic rings. The number of benzene rings is 2. The first-order valence-corrected chi connectivity index (χ1v) is 20.8. The average molecular weight is 781 g/mol. The fourth-order valence-corrected chi connectivity index (χ4v) is 9.28. The van der Waals surface area contributed by atoms with Gasteiger partial charge in [-0.05, 0) is 88.5 Å². The molecule has 5 N–H and O–H groups in total. The van der Waals surface area contributed by atoms with Gasteiger partial charge in [0.1, 0.15) is 29.3 Å². The number of rotatable bonds is 17. The molecule has 1 unspecified atom stereocenters. The maximum absolute atomic E-state index is 13.3. The van der Waals surface area contributed by atoms with E-state index < -0.39 is 0 Å². The number of likely N-dealkylation sites (tertiary alicyclic amines) is 1. The summed E-state index contributed by atoms with van der Waals surface area (Å²) in [6.45, 7) is 3.40. The number of piperidine rings is 1. The van der Waals surface area contributed by atoms with Crippen molar-refractivity contribution in [3.8, 4) is 22.8 Å². The number of nitrogens with two attached hydrogens (primary N) is 1. The number of hydrogen-bond acceptors (Lipinski definition) is 10. The number of fused-ring (bicyclic) bond motifs is 2. The lowest BCUT2D eigenvalue weighted by molar-refractivity contribution is -0.127. The number of nitrogens with zero attached hydrogens (tertiary/aromatic N) is 6. The van der Waals surface area contributed by atoms with Crippen molar-refractivity contribution < 1.29 is 19.1 Å². The number of unbranched alkanes of at least 4 members (excludes halogenated alkanes) is 2. The molecule has 3 saturated heterocycles. The lowest BCUT2D eigenvalue weighted by atomic mass is 10.0. The quantitative estimate of drug-likeness (QED) is 0.0639. The van der Waals surface area contributed by atoms with Crippen LogP contribution in [0.1, 0.15) is 57.4 Å². The van der Waals surface area contributed by atoms with Gasteiger partial charge < -0.3 is 36.2 Å². The molecule has 3 fully saturated rings. The van der Waals surface area contributed by atoms with E-state index in [1.807, 2.05) is 89.1 Å². The van der Waals surface area contributed by atoms with Gasteiger partial charge in [-0.3, -0.25) is 9.59 Å². The Morgan fingerprint density at radius 1 is 1.05 bits per heavy atom. The van der Waals surface area contributed by atoms with Gasteiger partial charge >= 0.3 is 6.03 Å². The van der Waals surface area contributed by atoms with Gasteiger partial charge in [0.25, 0.3) is 0 Å². The Labute approximate surface area is 332 Å². The highest BCUT2D eigenvalue weighted by Gasteiger charge is 2.42. The summed E-state index contributed by atoms with van der Waals surface area (Å²) in [5, 5.41) is 15.2. The van der Waals surface area contributed by atoms with Gasteiger partial charge in [-0.25, -0.2) is 19.4 Å². The smallest absolute Gasteiger partial charge is 0.315 e. The Bertz CT molecular complexity index is 1990. The molecule has 4 amide bonds. The van der Waals surface area contributed by atoms with Gasteiger partial charge in [0, 0.05) is 55.2 Å². The number of hydrogen-bond donors (Lipinski definition) is 4. The van der Waals surface area contributed by atoms with Crippen molar-refractivity contribution >= 4 is 46.5 Å². The Hall–Kier alpha value is -5.15. The Morgan fingerprint density at radius 2 is 1.88 bits per heavy atom. The molecule has 2 aromatic heterocycles. The maximum Gasteiger partial charge on any atom is 0.315 e. The molecule has 5 heterocycles. The lowest BCUT2D eigenvalue weighted by Gasteiger charge is -2.32. The number of carbonyl (C=O) groups is 3. The summed E-state index contributed by atoms with van der Waals surface area (Å²) in [5.74, 6) is 2.88. The molecule has 0 radical (unpaired) electrons. The minimum Gasteiger partial charge on any atom is -0.457 e. The number of para-hydroxylation sites is 1. The van der Waals surface area contributed by atoms with Crippen LogP contribution in [0.4, 0.5) is 10.6 Å². The molecule has 14 nitrogen and oxygen atoms in total. The third kappa shape index (κ3) is 9.80. The fourth-order valence-electron chi connectivity index (χ4n) is 7.74. The first-order valence-electron chi connectivity index (χ1n) is 19.7. The third-order valence-electron chi connectivity index (χ3n) is 10.7. The summed E-state index contributed by atoms with van der Waals surface area (Å²) in [6.07, 6.45) is 12.0. The van der Waals surface area contributed by atoms with Gasteiger partial charge in [-0.2, -0.15) is 16.9 Å². The van der Waals surface area contributed by atoms with E-state index in [-0.39, 0.29) is 36.0 Å². The molecule has 0 saturated carbocycles. The normalized spacial score (nSPS) is 20.7. The average Bonchev–Trinajstić information content (AvgIpc) is 3.90. The number of likely N-dealkylation sites (N-methyl/N-ethyl adjacent to an activating group) is 1. The van der Waals surface area contributed by atoms with Gasteiger partial charge in [0.15, 0.2) is 5.65 Å². The van der Waals surface area contributed by atoms with Crippen LogP contribution in [-0.4, -0.2) is 110 Å². The fraction of sp³-hybridized carbons (Fsp3) is 0.463. The Morgan fingerprint density at radius 3 is 2.71 bits per heavy atom. The predicted molar refractivity (Wildman–Crippen MR) is 219 cm³/mol. The summed E-state index contributed by atoms with van der Waals surface area (Å²) >= 11 is 1.91. The van der Waals surface area contributed by atoms with Crippen LogP contribution in [0.15, 0.2) is 73.1 Å². The van der Waals surface area contributed by atoms with E-state index in [0.717, 1.165) is 68.6 Å². The molecule has 0 aliphatic carbocycles. The number of ether oxygens (including phenoxy) is 1. The summed E-state index contributed by atoms with van der Waals surface area (Å²) in [4.78, 5) is 50.1. The minimum absolute atomic E-state index is 0.0147. The topological polar surface area (TPSA) is 173 Å². The van der Waals surface area contributed by atoms with Crippen molar-refractivity contribution in [2.24, 2.45) is 0 Å². The van der Waals surface area contributed by atoms with E-state index in [9.17, 15) is 14.4 Å². The lowest BCUT2D eigenvalue weighted by Crippen LogP contribution is -2.40. The highest BCUT2D eigenvalue weighted by Crippen LogP contribution is 2.35. The van der Waals surface area contributed by atoms with Crippen LogP contribution < -0.4 is 26.4 Å². The number of thioether (sulfide) groups is 1. The molecule has 2 aromatic carbocycles. The van der Waals surface area contributed by atoms with Gasteiger partial charge in [0.2, 0.25) is 11.8 Å². The highest BCUT2D eigenvalue weighted by molar-refractivity contribution is 8.00. The van der Waals surface area contributed by atoms with Crippen LogP contribution in [0.5, 0.6) is 11.5 Å². The SMILES string of the molecule is CN(C/C=C/C(=O)N1CCC[C@@H](n2nc(-c3ccc(Oc4ccccc4)cc3)c3c(N)ncnc32)C1)CCCCNC(=O)CCCCC1SC[C@@H]2NC(=O)N[C@H]12. The van der Waals surface area contributed by atoms with Crippen LogP contribution in [-0.2, 0) is 9.59 Å². The summed E-state index contributed by atoms with van der Waals surface area (Å²) in [7, 11) is 2.04. The van der Waals surface area contributed by atoms with E-state index in [1.54, 1.807) is 6.08 Å². The Balaban J connectivity index is 0.826. The molecule has 4 atom stereocenters. The number of nitrogens with one attached hydrogen (secondary N) is 3. The van der Waals surface area contributed by atoms with E-state index in [2.05, 4.69) is 30.8 Å². The zero-order valence-electron chi connectivity index (χ0n) is 31.9. The van der Waals surface area contributed by atoms with Crippen LogP contribution in [0, 0.1) is 0 Å². The molecule has 56 heavy (non-hydrogen) atoms. The van der Waals surface area contributed by atoms with Crippen molar-refractivity contribution in [1.82, 2.24) is 45.5 Å². The second kappa shape index (κ2) is 18.7. The molecular formula is C41H52N10O4S. The van der Waals surface area contributed by atoms with Crippen molar-refractivity contribution in [2.75, 3.05) is 51.3 Å². The zero-order valence-corrected chi connectivity index (χ0v) is 32.8. The predicted octanol–water partition coefficient (Wildman–Crippen LogP) is 5.14. The van der Waals surface area contributed by atoms with Gasteiger partial charge in [0.05, 0.1) is 23.5 Å². The number of nitrogen functional groups attached to an aromatic ring is 1. The van der Waals surface area contributed by atoms with Crippen molar-refractivity contribution in [3.05, 3.63) is 73.1 Å². The van der Waals surface area contributed by atoms with E-state index in [1.165, 1.54) is 6.33 Å². The largest absolute Gasteiger partial charge is 0.457 e. The van der Waals surface area contributed by atoms with E-state index in [4.69, 9.17) is 15.6 Å². The van der Waals surface area contributed by atoms with Crippen LogP contribution in [0.25, 0.3) is 22.3 Å². The number of carbonyl (C=O) groups excluding carboxylic acids is 3. The standard InChI is InChI=1S/C41H52N10O4S/c1-49(22-8-7-21-43-34(52)15-6-5-14-33-38-32(26-56-33)46-41(54)47-38)23-10-16-35(53)50-24-9-11-29(25-50)51-40-36(39(42)44-27-45-40)37(48-51)28-17-19-31(20-18-28)55-30-12-3-2-4-13-30/h2-4,10,12-13,16-20,27,29,32-33,38H,5-9,11,14-15,21-26H2,1H3,(H,43,52)(H2,42,44,45)(H2,46,47,54)/b16-10+/t29-,32+,33?,38+/m1/s1. The summed E-state index contributed by atoms with van der Waals surface area (Å²) < 4.78 is 7.89. The summed E-state index contributed by atoms with van der Waals surface area (Å²) in [6, 6.07) is 17.7. The minimum atomic E-state index is -0.0605. The zero-order chi connectivity index (χ0) is 38.9. The third-order valence-corrected chi connectivity index (χ3v) is 12.2. The number of aromatic nitrogens is 4. The monoisotopic (exact) mass is 780 g/mol. The van der Waals surface area contributed by atoms with Crippen LogP contribution in [0.2, 0.25) is 0 Å². The van der Waals surface area contributed by atoms with Crippen LogP contribution >= 0.6 is 11.8 Å². The molecule has 296 valence electrons. The molecule has 3 aliphatic heterocycles. The highest BCUT2D eigenvalue weighted by atomic mass is 32.2. The first kappa shape index (κ1) is 39.1. The molecule has 0 bridgehead atoms. The number of amides is 4.